The quantitative estimate of drug-likeness (QED) is 0.252. The molecule has 1 aliphatic rings. The number of nitrogens with zero attached hydrogens (tertiary/aromatic N) is 2. The molecule has 0 saturated carbocycles. The highest BCUT2D eigenvalue weighted by atomic mass is 16.5. The van der Waals surface area contributed by atoms with Gasteiger partial charge in [-0.3, -0.25) is 14.4 Å². The van der Waals surface area contributed by atoms with Gasteiger partial charge in [-0.2, -0.15) is 0 Å². The first-order valence-electron chi connectivity index (χ1n) is 14.6. The first-order chi connectivity index (χ1) is 20.4. The van der Waals surface area contributed by atoms with E-state index >= 15 is 0 Å². The Morgan fingerprint density at radius 2 is 1.76 bits per heavy atom. The average molecular weight is 570 g/mol. The molecule has 1 N–H and O–H groups in total. The van der Waals surface area contributed by atoms with Crippen LogP contribution in [0.1, 0.15) is 68.2 Å². The van der Waals surface area contributed by atoms with Crippen LogP contribution >= 0.6 is 0 Å². The van der Waals surface area contributed by atoms with E-state index in [1.54, 1.807) is 6.92 Å². The second-order valence-corrected chi connectivity index (χ2v) is 10.5. The van der Waals surface area contributed by atoms with Gasteiger partial charge in [0.25, 0.3) is 5.91 Å². The number of benzene rings is 3. The molecule has 42 heavy (non-hydrogen) atoms. The summed E-state index contributed by atoms with van der Waals surface area (Å²) in [7, 11) is 0. The van der Waals surface area contributed by atoms with Crippen molar-refractivity contribution in [2.24, 2.45) is 11.0 Å². The molecule has 0 radical (unpaired) electrons. The fourth-order valence-electron chi connectivity index (χ4n) is 5.11. The van der Waals surface area contributed by atoms with Crippen LogP contribution < -0.4 is 5.32 Å². The largest absolute Gasteiger partial charge is 0.466 e. The molecule has 0 bridgehead atoms. The molecular weight excluding hydrogens is 530 g/mol. The number of amides is 2. The Hall–Kier alpha value is -4.46. The number of aryl methyl sites for hydroxylation is 1. The summed E-state index contributed by atoms with van der Waals surface area (Å²) < 4.78 is 10.6. The minimum Gasteiger partial charge on any atom is -0.466 e. The SMILES string of the molecule is CCCC(C)C(C(=O)Nc1cccc(CCC(=O)OCC)c1)c1ccc(CN2N=C(c3ccccc3)OCC2=O)cc1. The number of carbonyl (C=O) groups excluding carboxylic acids is 3. The first kappa shape index (κ1) is 30.5. The van der Waals surface area contributed by atoms with Crippen LogP contribution in [0.5, 0.6) is 0 Å². The Labute approximate surface area is 247 Å². The molecule has 1 aliphatic heterocycles. The van der Waals surface area contributed by atoms with Gasteiger partial charge in [0, 0.05) is 17.7 Å². The Morgan fingerprint density at radius 3 is 2.48 bits per heavy atom. The van der Waals surface area contributed by atoms with E-state index in [9.17, 15) is 14.4 Å². The minimum absolute atomic E-state index is 0.0629. The number of rotatable bonds is 13. The van der Waals surface area contributed by atoms with E-state index in [2.05, 4.69) is 24.3 Å². The number of hydrogen-bond acceptors (Lipinski definition) is 6. The Bertz CT molecular complexity index is 1390. The average Bonchev–Trinajstić information content (AvgIpc) is 2.99. The predicted molar refractivity (Wildman–Crippen MR) is 163 cm³/mol. The third-order valence-corrected chi connectivity index (χ3v) is 7.24. The highest BCUT2D eigenvalue weighted by Crippen LogP contribution is 2.30. The van der Waals surface area contributed by atoms with Gasteiger partial charge >= 0.3 is 5.97 Å². The summed E-state index contributed by atoms with van der Waals surface area (Å²) in [5, 5.41) is 8.97. The van der Waals surface area contributed by atoms with Crippen LogP contribution in [-0.2, 0) is 36.8 Å². The van der Waals surface area contributed by atoms with Gasteiger partial charge < -0.3 is 14.8 Å². The Kier molecular flexibility index (Phi) is 10.9. The molecule has 8 heteroatoms. The van der Waals surface area contributed by atoms with Gasteiger partial charge in [-0.1, -0.05) is 74.9 Å². The number of anilines is 1. The van der Waals surface area contributed by atoms with Gasteiger partial charge in [0.1, 0.15) is 0 Å². The van der Waals surface area contributed by atoms with Crippen LogP contribution in [0.2, 0.25) is 0 Å². The van der Waals surface area contributed by atoms with Crippen molar-refractivity contribution in [2.45, 2.75) is 58.9 Å². The topological polar surface area (TPSA) is 97.3 Å². The lowest BCUT2D eigenvalue weighted by Crippen LogP contribution is -2.36. The lowest BCUT2D eigenvalue weighted by molar-refractivity contribution is -0.143. The lowest BCUT2D eigenvalue weighted by atomic mass is 9.83. The molecule has 2 amide bonds. The van der Waals surface area contributed by atoms with E-state index in [0.717, 1.165) is 35.1 Å². The van der Waals surface area contributed by atoms with E-state index in [-0.39, 0.29) is 36.2 Å². The van der Waals surface area contributed by atoms with E-state index < -0.39 is 0 Å². The zero-order chi connectivity index (χ0) is 29.9. The highest BCUT2D eigenvalue weighted by molar-refractivity contribution is 5.98. The molecule has 3 aromatic carbocycles. The molecule has 0 saturated heterocycles. The Balaban J connectivity index is 1.47. The number of carbonyl (C=O) groups is 3. The molecule has 220 valence electrons. The maximum atomic E-state index is 13.6. The third kappa shape index (κ3) is 8.28. The summed E-state index contributed by atoms with van der Waals surface area (Å²) in [6, 6.07) is 24.9. The smallest absolute Gasteiger partial charge is 0.306 e. The molecule has 2 unspecified atom stereocenters. The van der Waals surface area contributed by atoms with Gasteiger partial charge in [0.15, 0.2) is 6.61 Å². The van der Waals surface area contributed by atoms with Crippen molar-refractivity contribution in [1.29, 1.82) is 0 Å². The van der Waals surface area contributed by atoms with E-state index in [1.165, 1.54) is 5.01 Å². The second-order valence-electron chi connectivity index (χ2n) is 10.5. The van der Waals surface area contributed by atoms with Crippen molar-refractivity contribution in [1.82, 2.24) is 5.01 Å². The van der Waals surface area contributed by atoms with Gasteiger partial charge in [0.2, 0.25) is 11.8 Å². The van der Waals surface area contributed by atoms with Crippen molar-refractivity contribution >= 4 is 29.4 Å². The van der Waals surface area contributed by atoms with Gasteiger partial charge in [-0.25, -0.2) is 5.01 Å². The number of nitrogens with one attached hydrogen (secondary N) is 1. The lowest BCUT2D eigenvalue weighted by Gasteiger charge is -2.25. The van der Waals surface area contributed by atoms with Gasteiger partial charge in [0.05, 0.1) is 19.1 Å². The van der Waals surface area contributed by atoms with Crippen LogP contribution in [0.3, 0.4) is 0 Å². The molecule has 0 spiro atoms. The molecular formula is C34H39N3O5. The second kappa shape index (κ2) is 15.0. The number of hydrogen-bond donors (Lipinski definition) is 1. The standard InChI is InChI=1S/C34H39N3O5/c1-4-10-24(3)32(33(40)35-29-14-9-11-25(21-29)17-20-31(39)41-5-2)27-18-15-26(16-19-27)22-37-30(38)23-42-34(36-37)28-12-7-6-8-13-28/h6-9,11-16,18-19,21,24,32H,4-5,10,17,20,22-23H2,1-3H3,(H,35,40). The zero-order valence-corrected chi connectivity index (χ0v) is 24.5. The summed E-state index contributed by atoms with van der Waals surface area (Å²) in [5.41, 5.74) is 4.29. The maximum Gasteiger partial charge on any atom is 0.306 e. The molecule has 0 aliphatic carbocycles. The van der Waals surface area contributed by atoms with E-state index in [0.29, 0.717) is 37.6 Å². The van der Waals surface area contributed by atoms with E-state index in [4.69, 9.17) is 9.47 Å². The molecule has 1 heterocycles. The predicted octanol–water partition coefficient (Wildman–Crippen LogP) is 6.06. The van der Waals surface area contributed by atoms with Crippen LogP contribution in [-0.4, -0.2) is 41.9 Å². The Morgan fingerprint density at radius 1 is 1.00 bits per heavy atom. The number of esters is 1. The van der Waals surface area contributed by atoms with Gasteiger partial charge in [-0.05, 0) is 66.6 Å². The summed E-state index contributed by atoms with van der Waals surface area (Å²) in [6.45, 7) is 6.61. The molecule has 0 fully saturated rings. The van der Waals surface area contributed by atoms with E-state index in [1.807, 2.05) is 78.9 Å². The van der Waals surface area contributed by atoms with Gasteiger partial charge in [-0.15, -0.1) is 5.10 Å². The number of hydrazone groups is 1. The normalized spacial score (nSPS) is 14.4. The fraction of sp³-hybridized carbons (Fsp3) is 0.353. The van der Waals surface area contributed by atoms with Crippen LogP contribution in [0, 0.1) is 5.92 Å². The zero-order valence-electron chi connectivity index (χ0n) is 24.5. The number of ether oxygens (including phenoxy) is 2. The van der Waals surface area contributed by atoms with Crippen molar-refractivity contribution < 1.29 is 23.9 Å². The molecule has 4 rings (SSSR count). The molecule has 3 aromatic rings. The monoisotopic (exact) mass is 569 g/mol. The van der Waals surface area contributed by atoms with Crippen molar-refractivity contribution in [2.75, 3.05) is 18.5 Å². The molecule has 0 aromatic heterocycles. The van der Waals surface area contributed by atoms with Crippen LogP contribution in [0.25, 0.3) is 0 Å². The van der Waals surface area contributed by atoms with Crippen molar-refractivity contribution in [3.63, 3.8) is 0 Å². The summed E-state index contributed by atoms with van der Waals surface area (Å²) in [6.07, 6.45) is 2.71. The highest BCUT2D eigenvalue weighted by Gasteiger charge is 2.27. The third-order valence-electron chi connectivity index (χ3n) is 7.24. The molecule has 2 atom stereocenters. The van der Waals surface area contributed by atoms with Crippen molar-refractivity contribution in [3.05, 3.63) is 101 Å². The summed E-state index contributed by atoms with van der Waals surface area (Å²) >= 11 is 0. The minimum atomic E-state index is -0.352. The molecule has 8 nitrogen and oxygen atoms in total. The fourth-order valence-corrected chi connectivity index (χ4v) is 5.11. The van der Waals surface area contributed by atoms with Crippen molar-refractivity contribution in [3.8, 4) is 0 Å². The van der Waals surface area contributed by atoms with Crippen LogP contribution in [0.15, 0.2) is 84.0 Å². The van der Waals surface area contributed by atoms with Crippen LogP contribution in [0.4, 0.5) is 5.69 Å². The summed E-state index contributed by atoms with van der Waals surface area (Å²) in [5.74, 6) is -0.336. The summed E-state index contributed by atoms with van der Waals surface area (Å²) in [4.78, 5) is 37.9. The first-order valence-corrected chi connectivity index (χ1v) is 14.6. The maximum absolute atomic E-state index is 13.6.